The lowest BCUT2D eigenvalue weighted by Crippen LogP contribution is -2.34. The summed E-state index contributed by atoms with van der Waals surface area (Å²) in [4.78, 5) is 23.6. The highest BCUT2D eigenvalue weighted by Crippen LogP contribution is 2.22. The van der Waals surface area contributed by atoms with Crippen molar-refractivity contribution in [1.29, 1.82) is 0 Å². The summed E-state index contributed by atoms with van der Waals surface area (Å²) in [5, 5.41) is 6.93. The summed E-state index contributed by atoms with van der Waals surface area (Å²) in [6, 6.07) is 11.9. The fourth-order valence-electron chi connectivity index (χ4n) is 1.69. The van der Waals surface area contributed by atoms with Crippen molar-refractivity contribution in [3.63, 3.8) is 0 Å². The molecular weight excluding hydrogens is 417 g/mol. The van der Waals surface area contributed by atoms with Gasteiger partial charge in [0, 0.05) is 15.6 Å². The molecule has 2 rings (SSSR count). The molecule has 0 aliphatic heterocycles. The van der Waals surface area contributed by atoms with E-state index in [1.54, 1.807) is 0 Å². The van der Waals surface area contributed by atoms with E-state index in [0.717, 1.165) is 10.0 Å². The standard InChI is InChI=1S/C16H12BrCl2N3O2/c17-12-4-2-1-3-11(12)8-21-22-15(23)9-20-16(24)10-5-6-13(18)14(19)7-10/h1-8H,9H2,(H,20,24)(H,22,23)/b21-8+. The van der Waals surface area contributed by atoms with Crippen molar-refractivity contribution in [3.8, 4) is 0 Å². The van der Waals surface area contributed by atoms with Crippen LogP contribution in [0.3, 0.4) is 0 Å². The summed E-state index contributed by atoms with van der Waals surface area (Å²) in [6.07, 6.45) is 1.50. The number of hydrogen-bond donors (Lipinski definition) is 2. The molecule has 8 heteroatoms. The Bertz CT molecular complexity index is 797. The average Bonchev–Trinajstić information content (AvgIpc) is 2.57. The van der Waals surface area contributed by atoms with Gasteiger partial charge < -0.3 is 5.32 Å². The maximum atomic E-state index is 11.9. The third-order valence-corrected chi connectivity index (χ3v) is 4.35. The molecule has 5 nitrogen and oxygen atoms in total. The number of hydrazone groups is 1. The first-order valence-corrected chi connectivity index (χ1v) is 8.32. The van der Waals surface area contributed by atoms with Crippen LogP contribution in [0, 0.1) is 0 Å². The molecule has 0 bridgehead atoms. The van der Waals surface area contributed by atoms with E-state index in [9.17, 15) is 9.59 Å². The van der Waals surface area contributed by atoms with E-state index in [1.807, 2.05) is 24.3 Å². The lowest BCUT2D eigenvalue weighted by molar-refractivity contribution is -0.120. The lowest BCUT2D eigenvalue weighted by Gasteiger charge is -2.05. The Labute approximate surface area is 157 Å². The molecular formula is C16H12BrCl2N3O2. The van der Waals surface area contributed by atoms with Crippen molar-refractivity contribution in [1.82, 2.24) is 10.7 Å². The second kappa shape index (κ2) is 8.82. The zero-order chi connectivity index (χ0) is 17.5. The van der Waals surface area contributed by atoms with E-state index in [4.69, 9.17) is 23.2 Å². The monoisotopic (exact) mass is 427 g/mol. The number of hydrogen-bond acceptors (Lipinski definition) is 3. The maximum absolute atomic E-state index is 11.9. The van der Waals surface area contributed by atoms with E-state index in [1.165, 1.54) is 24.4 Å². The first-order valence-electron chi connectivity index (χ1n) is 6.77. The molecule has 0 aliphatic carbocycles. The Morgan fingerprint density at radius 3 is 2.58 bits per heavy atom. The lowest BCUT2D eigenvalue weighted by atomic mass is 10.2. The van der Waals surface area contributed by atoms with Gasteiger partial charge in [-0.25, -0.2) is 5.43 Å². The summed E-state index contributed by atoms with van der Waals surface area (Å²) in [6.45, 7) is -0.216. The summed E-state index contributed by atoms with van der Waals surface area (Å²) in [5.41, 5.74) is 3.46. The molecule has 0 unspecified atom stereocenters. The fraction of sp³-hybridized carbons (Fsp3) is 0.0625. The Morgan fingerprint density at radius 1 is 1.12 bits per heavy atom. The summed E-state index contributed by atoms with van der Waals surface area (Å²) < 4.78 is 0.857. The number of nitrogens with one attached hydrogen (secondary N) is 2. The minimum absolute atomic E-state index is 0.216. The zero-order valence-electron chi connectivity index (χ0n) is 12.2. The van der Waals surface area contributed by atoms with Crippen molar-refractivity contribution in [2.45, 2.75) is 0 Å². The van der Waals surface area contributed by atoms with Gasteiger partial charge in [-0.1, -0.05) is 57.3 Å². The number of carbonyl (C=O) groups excluding carboxylic acids is 2. The second-order valence-electron chi connectivity index (χ2n) is 4.63. The first kappa shape index (κ1) is 18.4. The number of benzene rings is 2. The predicted octanol–water partition coefficient (Wildman–Crippen LogP) is 3.64. The molecule has 0 radical (unpaired) electrons. The highest BCUT2D eigenvalue weighted by Gasteiger charge is 2.09. The van der Waals surface area contributed by atoms with Gasteiger partial charge in [-0.05, 0) is 24.3 Å². The third kappa shape index (κ3) is 5.33. The maximum Gasteiger partial charge on any atom is 0.259 e. The minimum atomic E-state index is -0.452. The predicted molar refractivity (Wildman–Crippen MR) is 98.7 cm³/mol. The van der Waals surface area contributed by atoms with Crippen LogP contribution in [0.15, 0.2) is 52.0 Å². The van der Waals surface area contributed by atoms with Crippen LogP contribution >= 0.6 is 39.1 Å². The van der Waals surface area contributed by atoms with Gasteiger partial charge in [0.05, 0.1) is 22.8 Å². The van der Waals surface area contributed by atoms with Crippen LogP contribution in [0.5, 0.6) is 0 Å². The fourth-order valence-corrected chi connectivity index (χ4v) is 2.38. The van der Waals surface area contributed by atoms with E-state index in [2.05, 4.69) is 31.8 Å². The van der Waals surface area contributed by atoms with E-state index in [-0.39, 0.29) is 11.6 Å². The molecule has 2 aromatic carbocycles. The minimum Gasteiger partial charge on any atom is -0.343 e. The van der Waals surface area contributed by atoms with Crippen molar-refractivity contribution in [3.05, 3.63) is 68.1 Å². The van der Waals surface area contributed by atoms with Crippen LogP contribution in [-0.4, -0.2) is 24.6 Å². The van der Waals surface area contributed by atoms with Gasteiger partial charge in [0.2, 0.25) is 0 Å². The van der Waals surface area contributed by atoms with Crippen LogP contribution in [0.1, 0.15) is 15.9 Å². The van der Waals surface area contributed by atoms with Crippen LogP contribution in [0.2, 0.25) is 10.0 Å². The van der Waals surface area contributed by atoms with E-state index in [0.29, 0.717) is 10.6 Å². The van der Waals surface area contributed by atoms with Crippen molar-refractivity contribution in [2.75, 3.05) is 6.54 Å². The van der Waals surface area contributed by atoms with Crippen LogP contribution in [0.4, 0.5) is 0 Å². The molecule has 0 saturated carbocycles. The summed E-state index contributed by atoms with van der Waals surface area (Å²) in [5.74, 6) is -0.884. The molecule has 2 aromatic rings. The largest absolute Gasteiger partial charge is 0.343 e. The molecule has 0 aromatic heterocycles. The van der Waals surface area contributed by atoms with Crippen molar-refractivity contribution in [2.24, 2.45) is 5.10 Å². The molecule has 24 heavy (non-hydrogen) atoms. The van der Waals surface area contributed by atoms with E-state index < -0.39 is 11.8 Å². The zero-order valence-corrected chi connectivity index (χ0v) is 15.3. The summed E-state index contributed by atoms with van der Waals surface area (Å²) in [7, 11) is 0. The Morgan fingerprint density at radius 2 is 1.88 bits per heavy atom. The number of halogens is 3. The topological polar surface area (TPSA) is 70.6 Å². The summed E-state index contributed by atoms with van der Waals surface area (Å²) >= 11 is 15.0. The second-order valence-corrected chi connectivity index (χ2v) is 6.29. The molecule has 0 aliphatic rings. The molecule has 0 fully saturated rings. The smallest absolute Gasteiger partial charge is 0.259 e. The van der Waals surface area contributed by atoms with Crippen LogP contribution in [-0.2, 0) is 4.79 Å². The molecule has 0 saturated heterocycles. The Hall–Kier alpha value is -1.89. The van der Waals surface area contributed by atoms with Gasteiger partial charge in [0.1, 0.15) is 0 Å². The quantitative estimate of drug-likeness (QED) is 0.563. The van der Waals surface area contributed by atoms with Gasteiger partial charge in [-0.2, -0.15) is 5.10 Å². The van der Waals surface area contributed by atoms with Gasteiger partial charge in [-0.15, -0.1) is 0 Å². The molecule has 0 atom stereocenters. The number of carbonyl (C=O) groups is 2. The number of nitrogens with zero attached hydrogens (tertiary/aromatic N) is 1. The highest BCUT2D eigenvalue weighted by molar-refractivity contribution is 9.10. The SMILES string of the molecule is O=C(CNC(=O)c1ccc(Cl)c(Cl)c1)N/N=C/c1ccccc1Br. The Balaban J connectivity index is 1.83. The average molecular weight is 429 g/mol. The van der Waals surface area contributed by atoms with Gasteiger partial charge in [0.15, 0.2) is 0 Å². The highest BCUT2D eigenvalue weighted by atomic mass is 79.9. The van der Waals surface area contributed by atoms with Crippen LogP contribution in [0.25, 0.3) is 0 Å². The van der Waals surface area contributed by atoms with Crippen LogP contribution < -0.4 is 10.7 Å². The molecule has 124 valence electrons. The van der Waals surface area contributed by atoms with Crippen molar-refractivity contribution >= 4 is 57.2 Å². The first-order chi connectivity index (χ1) is 11.5. The van der Waals surface area contributed by atoms with Gasteiger partial charge in [-0.3, -0.25) is 9.59 Å². The number of rotatable bonds is 5. The van der Waals surface area contributed by atoms with E-state index >= 15 is 0 Å². The normalized spacial score (nSPS) is 10.6. The van der Waals surface area contributed by atoms with Gasteiger partial charge in [0.25, 0.3) is 11.8 Å². The molecule has 0 heterocycles. The third-order valence-electron chi connectivity index (χ3n) is 2.89. The van der Waals surface area contributed by atoms with Gasteiger partial charge >= 0.3 is 0 Å². The molecule has 2 amide bonds. The molecule has 2 N–H and O–H groups in total. The molecule has 0 spiro atoms. The Kier molecular flexibility index (Phi) is 6.78. The number of amides is 2. The van der Waals surface area contributed by atoms with Crippen molar-refractivity contribution < 1.29 is 9.59 Å².